The van der Waals surface area contributed by atoms with E-state index in [2.05, 4.69) is 10.0 Å². The molecule has 2 rings (SSSR count). The van der Waals surface area contributed by atoms with Crippen molar-refractivity contribution in [2.45, 2.75) is 32.1 Å². The van der Waals surface area contributed by atoms with Gasteiger partial charge >= 0.3 is 5.97 Å². The molecule has 0 unspecified atom stereocenters. The van der Waals surface area contributed by atoms with Gasteiger partial charge in [-0.1, -0.05) is 0 Å². The van der Waals surface area contributed by atoms with Gasteiger partial charge in [0.15, 0.2) is 6.61 Å². The highest BCUT2D eigenvalue weighted by Crippen LogP contribution is 2.21. The van der Waals surface area contributed by atoms with Crippen LogP contribution in [0.2, 0.25) is 0 Å². The van der Waals surface area contributed by atoms with Crippen molar-refractivity contribution in [3.63, 3.8) is 0 Å². The molecule has 0 saturated carbocycles. The van der Waals surface area contributed by atoms with E-state index in [1.807, 2.05) is 13.8 Å². The van der Waals surface area contributed by atoms with Crippen LogP contribution in [-0.2, 0) is 24.3 Å². The molecule has 0 aliphatic heterocycles. The number of thiophene rings is 1. The van der Waals surface area contributed by atoms with E-state index in [0.717, 1.165) is 9.75 Å². The van der Waals surface area contributed by atoms with Gasteiger partial charge < -0.3 is 10.1 Å². The van der Waals surface area contributed by atoms with Crippen LogP contribution in [0.25, 0.3) is 0 Å². The zero-order chi connectivity index (χ0) is 21.6. The fourth-order valence-electron chi connectivity index (χ4n) is 2.50. The second-order valence-electron chi connectivity index (χ2n) is 6.26. The third kappa shape index (κ3) is 6.77. The summed E-state index contributed by atoms with van der Waals surface area (Å²) in [4.78, 5) is 36.7. The smallest absolute Gasteiger partial charge is 0.307 e. The van der Waals surface area contributed by atoms with Crippen molar-refractivity contribution in [3.05, 3.63) is 45.6 Å². The molecule has 1 aromatic carbocycles. The van der Waals surface area contributed by atoms with E-state index in [1.54, 1.807) is 6.07 Å². The maximum atomic E-state index is 12.2. The molecule has 156 valence electrons. The Morgan fingerprint density at radius 2 is 1.76 bits per heavy atom. The molecule has 8 nitrogen and oxygen atoms in total. The summed E-state index contributed by atoms with van der Waals surface area (Å²) in [5.41, 5.74) is 1.00. The van der Waals surface area contributed by atoms with Crippen LogP contribution in [0.3, 0.4) is 0 Å². The summed E-state index contributed by atoms with van der Waals surface area (Å²) in [6.45, 7) is 4.51. The molecule has 0 spiro atoms. The van der Waals surface area contributed by atoms with Crippen LogP contribution in [0.15, 0.2) is 35.2 Å². The summed E-state index contributed by atoms with van der Waals surface area (Å²) in [6.07, 6.45) is -0.210. The second kappa shape index (κ2) is 9.77. The number of carbonyl (C=O) groups excluding carboxylic acids is 3. The first-order chi connectivity index (χ1) is 13.6. The highest BCUT2D eigenvalue weighted by Gasteiger charge is 2.17. The van der Waals surface area contributed by atoms with E-state index in [1.165, 1.54) is 42.5 Å². The number of amides is 1. The molecule has 0 aliphatic rings. The van der Waals surface area contributed by atoms with Crippen molar-refractivity contribution in [1.29, 1.82) is 0 Å². The number of ketones is 1. The van der Waals surface area contributed by atoms with E-state index < -0.39 is 16.0 Å². The van der Waals surface area contributed by atoms with E-state index in [4.69, 9.17) is 4.74 Å². The number of nitrogens with one attached hydrogen (secondary N) is 2. The molecule has 0 aliphatic carbocycles. The number of Topliss-reactive ketones (excluding diaryl/α,β-unsaturated/α-hetero) is 1. The normalized spacial score (nSPS) is 11.1. The molecular formula is C19H22N2O6S2. The molecule has 0 atom stereocenters. The lowest BCUT2D eigenvalue weighted by Crippen LogP contribution is -2.27. The Labute approximate surface area is 173 Å². The van der Waals surface area contributed by atoms with Gasteiger partial charge in [-0.3, -0.25) is 14.4 Å². The third-order valence-electron chi connectivity index (χ3n) is 3.81. The zero-order valence-electron chi connectivity index (χ0n) is 16.3. The standard InChI is InChI=1S/C19H22N2O6S2/c1-12-10-17(13(2)28-12)18(23)11-27-19(24)8-9-20-29(25,26)16-6-4-15(5-7-16)21-14(3)22/h4-7,10,20H,8-9,11H2,1-3H3,(H,21,22). The molecule has 1 heterocycles. The number of rotatable bonds is 9. The Kier molecular flexibility index (Phi) is 7.66. The quantitative estimate of drug-likeness (QED) is 0.458. The van der Waals surface area contributed by atoms with Crippen LogP contribution in [0.5, 0.6) is 0 Å². The van der Waals surface area contributed by atoms with Gasteiger partial charge in [0.2, 0.25) is 21.7 Å². The maximum Gasteiger partial charge on any atom is 0.307 e. The van der Waals surface area contributed by atoms with E-state index in [9.17, 15) is 22.8 Å². The molecule has 10 heteroatoms. The van der Waals surface area contributed by atoms with Gasteiger partial charge in [0, 0.05) is 34.5 Å². The lowest BCUT2D eigenvalue weighted by molar-refractivity contribution is -0.142. The van der Waals surface area contributed by atoms with Crippen LogP contribution >= 0.6 is 11.3 Å². The predicted molar refractivity (Wildman–Crippen MR) is 110 cm³/mol. The number of carbonyl (C=O) groups is 3. The number of esters is 1. The first-order valence-corrected chi connectivity index (χ1v) is 11.0. The zero-order valence-corrected chi connectivity index (χ0v) is 17.9. The Bertz CT molecular complexity index is 1010. The summed E-state index contributed by atoms with van der Waals surface area (Å²) < 4.78 is 31.7. The van der Waals surface area contributed by atoms with Gasteiger partial charge in [-0.2, -0.15) is 0 Å². The van der Waals surface area contributed by atoms with E-state index in [0.29, 0.717) is 11.3 Å². The minimum Gasteiger partial charge on any atom is -0.457 e. The second-order valence-corrected chi connectivity index (χ2v) is 9.49. The van der Waals surface area contributed by atoms with E-state index >= 15 is 0 Å². The summed E-state index contributed by atoms with van der Waals surface area (Å²) in [5, 5.41) is 2.54. The number of aryl methyl sites for hydroxylation is 2. The van der Waals surface area contributed by atoms with Crippen molar-refractivity contribution in [2.75, 3.05) is 18.5 Å². The topological polar surface area (TPSA) is 119 Å². The van der Waals surface area contributed by atoms with Crippen LogP contribution in [0.4, 0.5) is 5.69 Å². The molecule has 2 N–H and O–H groups in total. The van der Waals surface area contributed by atoms with Crippen LogP contribution in [-0.4, -0.2) is 39.2 Å². The lowest BCUT2D eigenvalue weighted by Gasteiger charge is -2.08. The Hall–Kier alpha value is -2.56. The fourth-order valence-corrected chi connectivity index (χ4v) is 4.47. The van der Waals surface area contributed by atoms with Gasteiger partial charge in [0.25, 0.3) is 0 Å². The highest BCUT2D eigenvalue weighted by atomic mass is 32.2. The SMILES string of the molecule is CC(=O)Nc1ccc(S(=O)(=O)NCCC(=O)OCC(=O)c2cc(C)sc2C)cc1. The van der Waals surface area contributed by atoms with Crippen molar-refractivity contribution in [3.8, 4) is 0 Å². The van der Waals surface area contributed by atoms with Crippen LogP contribution in [0, 0.1) is 13.8 Å². The van der Waals surface area contributed by atoms with Gasteiger partial charge in [-0.05, 0) is 44.2 Å². The molecule has 1 aromatic heterocycles. The highest BCUT2D eigenvalue weighted by molar-refractivity contribution is 7.89. The molecule has 0 saturated heterocycles. The molecule has 2 aromatic rings. The molecule has 1 amide bonds. The summed E-state index contributed by atoms with van der Waals surface area (Å²) in [5.74, 6) is -1.23. The number of anilines is 1. The van der Waals surface area contributed by atoms with Gasteiger partial charge in [0.1, 0.15) is 0 Å². The Morgan fingerprint density at radius 1 is 1.10 bits per heavy atom. The van der Waals surface area contributed by atoms with Crippen molar-refractivity contribution >= 4 is 44.7 Å². The number of hydrogen-bond acceptors (Lipinski definition) is 7. The average molecular weight is 439 g/mol. The van der Waals surface area contributed by atoms with E-state index in [-0.39, 0.29) is 36.2 Å². The third-order valence-corrected chi connectivity index (χ3v) is 6.25. The largest absolute Gasteiger partial charge is 0.457 e. The number of hydrogen-bond donors (Lipinski definition) is 2. The molecular weight excluding hydrogens is 416 g/mol. The van der Waals surface area contributed by atoms with Crippen molar-refractivity contribution < 1.29 is 27.5 Å². The molecule has 29 heavy (non-hydrogen) atoms. The van der Waals surface area contributed by atoms with Crippen LogP contribution < -0.4 is 10.0 Å². The number of ether oxygens (including phenoxy) is 1. The fraction of sp³-hybridized carbons (Fsp3) is 0.316. The Morgan fingerprint density at radius 3 is 2.31 bits per heavy atom. The summed E-state index contributed by atoms with van der Waals surface area (Å²) in [7, 11) is -3.81. The van der Waals surface area contributed by atoms with Gasteiger partial charge in [-0.25, -0.2) is 13.1 Å². The average Bonchev–Trinajstić information content (AvgIpc) is 2.98. The number of benzene rings is 1. The molecule has 0 bridgehead atoms. The Balaban J connectivity index is 1.80. The predicted octanol–water partition coefficient (Wildman–Crippen LogP) is 2.42. The minimum absolute atomic E-state index is 0.00144. The molecule has 0 radical (unpaired) electrons. The minimum atomic E-state index is -3.81. The van der Waals surface area contributed by atoms with Crippen molar-refractivity contribution in [1.82, 2.24) is 4.72 Å². The first-order valence-electron chi connectivity index (χ1n) is 8.71. The summed E-state index contributed by atoms with van der Waals surface area (Å²) in [6, 6.07) is 7.36. The molecule has 0 fully saturated rings. The van der Waals surface area contributed by atoms with Gasteiger partial charge in [-0.15, -0.1) is 11.3 Å². The van der Waals surface area contributed by atoms with Crippen LogP contribution in [0.1, 0.15) is 33.5 Å². The maximum absolute atomic E-state index is 12.2. The number of sulfonamides is 1. The lowest BCUT2D eigenvalue weighted by atomic mass is 10.2. The van der Waals surface area contributed by atoms with Gasteiger partial charge in [0.05, 0.1) is 11.3 Å². The monoisotopic (exact) mass is 438 g/mol. The van der Waals surface area contributed by atoms with Crippen molar-refractivity contribution in [2.24, 2.45) is 0 Å². The first kappa shape index (κ1) is 22.7. The summed E-state index contributed by atoms with van der Waals surface area (Å²) >= 11 is 1.49.